The number of carbonyl (C=O) groups is 4. The van der Waals surface area contributed by atoms with Gasteiger partial charge < -0.3 is 14.7 Å². The Labute approximate surface area is 276 Å². The van der Waals surface area contributed by atoms with E-state index >= 15 is 0 Å². The molecule has 1 aromatic rings. The Bertz CT molecular complexity index is 1650. The molecule has 1 saturated heterocycles. The van der Waals surface area contributed by atoms with Crippen LogP contribution in [0, 0.1) is 5.41 Å². The van der Waals surface area contributed by atoms with Crippen molar-refractivity contribution in [1.82, 2.24) is 9.80 Å². The van der Waals surface area contributed by atoms with Crippen molar-refractivity contribution >= 4 is 45.2 Å². The van der Waals surface area contributed by atoms with E-state index in [-0.39, 0.29) is 36.9 Å². The van der Waals surface area contributed by atoms with Crippen LogP contribution in [0.1, 0.15) is 85.1 Å². The number of carboxylic acid groups (broad SMARTS) is 1. The number of carboxylic acids is 1. The van der Waals surface area contributed by atoms with Gasteiger partial charge in [-0.25, -0.2) is 4.79 Å². The lowest BCUT2D eigenvalue weighted by Gasteiger charge is -2.34. The van der Waals surface area contributed by atoms with Gasteiger partial charge >= 0.3 is 12.0 Å². The second-order valence-electron chi connectivity index (χ2n) is 13.0. The Kier molecular flexibility index (Phi) is 11.0. The molecule has 0 bridgehead atoms. The molecule has 0 saturated carbocycles. The summed E-state index contributed by atoms with van der Waals surface area (Å²) in [5.41, 5.74) is 4.29. The molecule has 3 aliphatic rings. The van der Waals surface area contributed by atoms with Crippen molar-refractivity contribution in [1.29, 1.82) is 0 Å². The van der Waals surface area contributed by atoms with Crippen molar-refractivity contribution in [3.05, 3.63) is 52.3 Å². The number of nitrogens with zero attached hydrogens (tertiary/aromatic N) is 3. The largest absolute Gasteiger partial charge is 0.481 e. The molecule has 4 amide bonds. The van der Waals surface area contributed by atoms with E-state index in [1.54, 1.807) is 0 Å². The maximum absolute atomic E-state index is 13.7. The first kappa shape index (κ1) is 35.9. The molecule has 0 aromatic heterocycles. The van der Waals surface area contributed by atoms with Gasteiger partial charge in [0.05, 0.1) is 5.75 Å². The molecule has 2 heterocycles. The number of amides is 4. The fourth-order valence-corrected chi connectivity index (χ4v) is 6.92. The Hall–Kier alpha value is -3.97. The Morgan fingerprint density at radius 2 is 1.62 bits per heavy atom. The van der Waals surface area contributed by atoms with E-state index in [0.717, 1.165) is 45.3 Å². The minimum Gasteiger partial charge on any atom is -0.481 e. The highest BCUT2D eigenvalue weighted by atomic mass is 32.2. The van der Waals surface area contributed by atoms with Crippen LogP contribution in [-0.4, -0.2) is 83.6 Å². The highest BCUT2D eigenvalue weighted by Gasteiger charge is 2.43. The minimum absolute atomic E-state index is 0.0417. The summed E-state index contributed by atoms with van der Waals surface area (Å²) in [5, 5.41) is 8.93. The van der Waals surface area contributed by atoms with E-state index in [1.165, 1.54) is 6.08 Å². The quantitative estimate of drug-likeness (QED) is 0.113. The van der Waals surface area contributed by atoms with Crippen molar-refractivity contribution < 1.29 is 42.0 Å². The molecule has 47 heavy (non-hydrogen) atoms. The van der Waals surface area contributed by atoms with E-state index < -0.39 is 39.7 Å². The van der Waals surface area contributed by atoms with Crippen LogP contribution in [0.5, 0.6) is 5.75 Å². The molecule has 2 aliphatic heterocycles. The number of urea groups is 1. The number of rotatable bonds is 14. The van der Waals surface area contributed by atoms with Gasteiger partial charge in [0.2, 0.25) is 0 Å². The average molecular weight is 672 g/mol. The van der Waals surface area contributed by atoms with E-state index in [0.29, 0.717) is 49.2 Å². The van der Waals surface area contributed by atoms with Gasteiger partial charge in [-0.3, -0.25) is 28.7 Å². The van der Waals surface area contributed by atoms with Gasteiger partial charge in [0.15, 0.2) is 0 Å². The number of hydrogen-bond acceptors (Lipinski definition) is 8. The second-order valence-corrected chi connectivity index (χ2v) is 14.6. The molecular formula is C34H45N3O9S. The number of benzene rings is 1. The Morgan fingerprint density at radius 1 is 0.979 bits per heavy atom. The smallest absolute Gasteiger partial charge is 0.333 e. The van der Waals surface area contributed by atoms with Crippen LogP contribution < -0.4 is 9.64 Å². The monoisotopic (exact) mass is 671 g/mol. The molecule has 256 valence electrons. The molecular weight excluding hydrogens is 626 g/mol. The number of ether oxygens (including phenoxy) is 1. The number of barbiturate groups is 1. The highest BCUT2D eigenvalue weighted by Crippen LogP contribution is 2.52. The third kappa shape index (κ3) is 8.13. The molecule has 1 aliphatic carbocycles. The van der Waals surface area contributed by atoms with Gasteiger partial charge in [-0.2, -0.15) is 8.42 Å². The Morgan fingerprint density at radius 3 is 2.19 bits per heavy atom. The fraction of sp³-hybridized carbons (Fsp3) is 0.529. The lowest BCUT2D eigenvalue weighted by molar-refractivity contribution is -0.138. The molecule has 2 N–H and O–H groups in total. The first-order chi connectivity index (χ1) is 22.1. The number of fused-ring (bicyclic) bond motifs is 2. The summed E-state index contributed by atoms with van der Waals surface area (Å²) in [7, 11) is -4.34. The van der Waals surface area contributed by atoms with Crippen molar-refractivity contribution in [3.63, 3.8) is 0 Å². The lowest BCUT2D eigenvalue weighted by atomic mass is 9.77. The van der Waals surface area contributed by atoms with Crippen LogP contribution in [0.15, 0.2) is 46.8 Å². The predicted molar refractivity (Wildman–Crippen MR) is 177 cm³/mol. The van der Waals surface area contributed by atoms with E-state index in [1.807, 2.05) is 6.07 Å². The van der Waals surface area contributed by atoms with Crippen LogP contribution in [0.2, 0.25) is 0 Å². The minimum atomic E-state index is -4.34. The lowest BCUT2D eigenvalue weighted by Crippen LogP contribution is -2.56. The zero-order valence-corrected chi connectivity index (χ0v) is 28.6. The zero-order valence-electron chi connectivity index (χ0n) is 27.8. The number of anilines is 1. The number of hydrogen-bond donors (Lipinski definition) is 2. The second kappa shape index (κ2) is 14.4. The number of unbranched alkanes of at least 4 members (excludes halogenated alkanes) is 2. The zero-order chi connectivity index (χ0) is 34.7. The van der Waals surface area contributed by atoms with Gasteiger partial charge in [0.1, 0.15) is 17.1 Å². The SMILES string of the molecule is CCN(CC)c1ccc2c(c1)OC1=C(/C=C3\C(=O)N(CCCCCC(=O)O)C(=O)N(CCCS(=O)(=O)O)C3=O)CCC1=C2C(C)(C)C. The van der Waals surface area contributed by atoms with Crippen LogP contribution >= 0.6 is 0 Å². The van der Waals surface area contributed by atoms with E-state index in [9.17, 15) is 32.1 Å². The standard InChI is InChI=1S/C34H45N3O9S/c1-6-35(7-2)23-14-16-24-27(21-23)46-30-22(13-15-25(30)29(24)34(3,4)5)20-26-31(40)36(17-10-8-9-12-28(38)39)33(42)37(32(26)41)18-11-19-47(43,44)45/h14,16,20-21H,6-13,15,17-19H2,1-5H3,(H,38,39)(H,43,44,45)/b26-20+. The van der Waals surface area contributed by atoms with Gasteiger partial charge in [-0.05, 0) is 86.3 Å². The third-order valence-electron chi connectivity index (χ3n) is 8.62. The normalized spacial score (nSPS) is 17.8. The fourth-order valence-electron chi connectivity index (χ4n) is 6.42. The molecule has 0 radical (unpaired) electrons. The van der Waals surface area contributed by atoms with Gasteiger partial charge in [-0.15, -0.1) is 0 Å². The third-order valence-corrected chi connectivity index (χ3v) is 9.43. The highest BCUT2D eigenvalue weighted by molar-refractivity contribution is 7.85. The number of aliphatic carboxylic acids is 1. The summed E-state index contributed by atoms with van der Waals surface area (Å²) < 4.78 is 38.4. The number of imide groups is 2. The maximum Gasteiger partial charge on any atom is 0.333 e. The van der Waals surface area contributed by atoms with E-state index in [4.69, 9.17) is 9.84 Å². The van der Waals surface area contributed by atoms with Crippen LogP contribution in [0.4, 0.5) is 10.5 Å². The van der Waals surface area contributed by atoms with Gasteiger partial charge in [-0.1, -0.05) is 27.2 Å². The first-order valence-corrected chi connectivity index (χ1v) is 17.8. The van der Waals surface area contributed by atoms with Crippen LogP contribution in [0.3, 0.4) is 0 Å². The summed E-state index contributed by atoms with van der Waals surface area (Å²) in [6, 6.07) is 5.32. The molecule has 0 atom stereocenters. The van der Waals surface area contributed by atoms with Crippen LogP contribution in [-0.2, 0) is 24.5 Å². The van der Waals surface area contributed by atoms with Crippen molar-refractivity contribution in [2.24, 2.45) is 5.41 Å². The predicted octanol–water partition coefficient (Wildman–Crippen LogP) is 5.41. The van der Waals surface area contributed by atoms with Gasteiger partial charge in [0, 0.05) is 49.9 Å². The summed E-state index contributed by atoms with van der Waals surface area (Å²) >= 11 is 0. The molecule has 1 fully saturated rings. The molecule has 13 heteroatoms. The van der Waals surface area contributed by atoms with Crippen LogP contribution in [0.25, 0.3) is 5.57 Å². The maximum atomic E-state index is 13.7. The van der Waals surface area contributed by atoms with Gasteiger partial charge in [0.25, 0.3) is 21.9 Å². The summed E-state index contributed by atoms with van der Waals surface area (Å²) in [5.74, 6) is -1.95. The molecule has 12 nitrogen and oxygen atoms in total. The number of allylic oxidation sites excluding steroid dienone is 4. The van der Waals surface area contributed by atoms with Crippen molar-refractivity contribution in [2.75, 3.05) is 36.8 Å². The van der Waals surface area contributed by atoms with Crippen molar-refractivity contribution in [2.45, 2.75) is 79.6 Å². The molecule has 0 unspecified atom stereocenters. The first-order valence-electron chi connectivity index (χ1n) is 16.2. The summed E-state index contributed by atoms with van der Waals surface area (Å²) in [4.78, 5) is 55.7. The molecule has 0 spiro atoms. The number of carbonyl (C=O) groups excluding carboxylic acids is 3. The van der Waals surface area contributed by atoms with E-state index in [2.05, 4.69) is 51.7 Å². The topological polar surface area (TPSA) is 162 Å². The van der Waals surface area contributed by atoms with Crippen molar-refractivity contribution in [3.8, 4) is 5.75 Å². The summed E-state index contributed by atoms with van der Waals surface area (Å²) in [6.45, 7) is 11.9. The molecule has 4 rings (SSSR count). The molecule has 1 aromatic carbocycles. The average Bonchev–Trinajstić information content (AvgIpc) is 3.38. The summed E-state index contributed by atoms with van der Waals surface area (Å²) in [6.07, 6.45) is 3.50. The Balaban J connectivity index is 1.75.